The van der Waals surface area contributed by atoms with Gasteiger partial charge < -0.3 is 36.7 Å². The molecular weight excluding hydrogens is 456 g/mol. The van der Waals surface area contributed by atoms with E-state index in [-0.39, 0.29) is 18.6 Å². The van der Waals surface area contributed by atoms with Gasteiger partial charge in [0.15, 0.2) is 0 Å². The number of benzene rings is 2. The highest BCUT2D eigenvalue weighted by Crippen LogP contribution is 2.19. The lowest BCUT2D eigenvalue weighted by molar-refractivity contribution is -0.143. The van der Waals surface area contributed by atoms with Crippen LogP contribution in [0.1, 0.15) is 17.5 Å². The number of aromatic amines is 1. The van der Waals surface area contributed by atoms with Crippen LogP contribution in [0, 0.1) is 0 Å². The summed E-state index contributed by atoms with van der Waals surface area (Å²) in [4.78, 5) is 51.5. The molecule has 35 heavy (non-hydrogen) atoms. The van der Waals surface area contributed by atoms with Crippen LogP contribution in [0.5, 0.6) is 5.75 Å². The number of hydrogen-bond acceptors (Lipinski definition) is 6. The van der Waals surface area contributed by atoms with Gasteiger partial charge in [0.2, 0.25) is 11.8 Å². The number of rotatable bonds is 11. The molecule has 3 aromatic rings. The summed E-state index contributed by atoms with van der Waals surface area (Å²) in [6, 6.07) is 9.18. The summed E-state index contributed by atoms with van der Waals surface area (Å²) in [5.41, 5.74) is 8.19. The molecule has 0 saturated carbocycles. The van der Waals surface area contributed by atoms with Crippen LogP contribution < -0.4 is 16.4 Å². The number of aromatic nitrogens is 1. The van der Waals surface area contributed by atoms with E-state index in [1.54, 1.807) is 6.20 Å². The number of nitrogens with one attached hydrogen (secondary N) is 3. The van der Waals surface area contributed by atoms with Gasteiger partial charge in [0.1, 0.15) is 17.8 Å². The van der Waals surface area contributed by atoms with Crippen LogP contribution in [-0.4, -0.2) is 62.2 Å². The Hall–Kier alpha value is -4.38. The Labute approximate surface area is 199 Å². The Bertz CT molecular complexity index is 1220. The van der Waals surface area contributed by atoms with Crippen molar-refractivity contribution in [2.45, 2.75) is 37.4 Å². The molecule has 0 fully saturated rings. The molecule has 0 aliphatic heterocycles. The van der Waals surface area contributed by atoms with Crippen molar-refractivity contribution in [3.63, 3.8) is 0 Å². The minimum atomic E-state index is -1.53. The van der Waals surface area contributed by atoms with Crippen LogP contribution in [0.25, 0.3) is 10.9 Å². The van der Waals surface area contributed by atoms with Crippen LogP contribution in [-0.2, 0) is 32.0 Å². The van der Waals surface area contributed by atoms with E-state index in [0.717, 1.165) is 16.5 Å². The average Bonchev–Trinajstić information content (AvgIpc) is 3.21. The fourth-order valence-corrected chi connectivity index (χ4v) is 3.63. The number of carbonyl (C=O) groups is 4. The number of amides is 2. The molecule has 3 rings (SSSR count). The zero-order valence-electron chi connectivity index (χ0n) is 18.6. The minimum Gasteiger partial charge on any atom is -0.508 e. The van der Waals surface area contributed by atoms with Gasteiger partial charge in [-0.25, -0.2) is 4.79 Å². The zero-order chi connectivity index (χ0) is 25.5. The molecule has 0 spiro atoms. The highest BCUT2D eigenvalue weighted by Gasteiger charge is 2.30. The number of para-hydroxylation sites is 1. The molecule has 1 heterocycles. The van der Waals surface area contributed by atoms with Gasteiger partial charge in [-0.2, -0.15) is 0 Å². The summed E-state index contributed by atoms with van der Waals surface area (Å²) in [6.07, 6.45) is 0.980. The Morgan fingerprint density at radius 3 is 2.20 bits per heavy atom. The van der Waals surface area contributed by atoms with E-state index in [9.17, 15) is 34.5 Å². The largest absolute Gasteiger partial charge is 0.508 e. The molecule has 11 nitrogen and oxygen atoms in total. The molecule has 184 valence electrons. The normalized spacial score (nSPS) is 13.5. The summed E-state index contributed by atoms with van der Waals surface area (Å²) in [7, 11) is 0. The average molecular weight is 482 g/mol. The first-order valence-corrected chi connectivity index (χ1v) is 10.8. The molecule has 8 N–H and O–H groups in total. The topological polar surface area (TPSA) is 195 Å². The van der Waals surface area contributed by atoms with Crippen molar-refractivity contribution in [2.24, 2.45) is 5.73 Å². The fraction of sp³-hybridized carbons (Fsp3) is 0.250. The summed E-state index contributed by atoms with van der Waals surface area (Å²) in [5.74, 6) is -4.42. The number of carboxylic acids is 2. The summed E-state index contributed by atoms with van der Waals surface area (Å²) in [6.45, 7) is 0. The standard InChI is InChI=1S/C24H26N4O7/c25-17(10-14-12-26-18-4-2-1-3-16(14)18)22(32)27-19(11-21(30)31)23(33)28-20(24(34)35)9-13-5-7-15(29)8-6-13/h1-8,12,17,19-20,26,29H,9-11,25H2,(H,27,32)(H,28,33)(H,30,31)(H,34,35)/t17-,19-,20-/m0/s1. The maximum absolute atomic E-state index is 12.7. The van der Waals surface area contributed by atoms with Gasteiger partial charge in [-0.05, 0) is 35.7 Å². The minimum absolute atomic E-state index is 0.00197. The number of hydrogen-bond donors (Lipinski definition) is 7. The third-order valence-electron chi connectivity index (χ3n) is 5.45. The van der Waals surface area contributed by atoms with Gasteiger partial charge in [0.05, 0.1) is 12.5 Å². The van der Waals surface area contributed by atoms with E-state index in [0.29, 0.717) is 5.56 Å². The molecule has 0 radical (unpaired) electrons. The van der Waals surface area contributed by atoms with Crippen LogP contribution in [0.4, 0.5) is 0 Å². The predicted octanol–water partition coefficient (Wildman–Crippen LogP) is 0.515. The molecule has 0 saturated heterocycles. The second-order valence-corrected chi connectivity index (χ2v) is 8.10. The second-order valence-electron chi connectivity index (χ2n) is 8.10. The second kappa shape index (κ2) is 11.2. The van der Waals surface area contributed by atoms with Crippen molar-refractivity contribution in [2.75, 3.05) is 0 Å². The molecule has 2 amide bonds. The lowest BCUT2D eigenvalue weighted by Gasteiger charge is -2.22. The quantitative estimate of drug-likeness (QED) is 0.205. The van der Waals surface area contributed by atoms with E-state index in [4.69, 9.17) is 5.73 Å². The smallest absolute Gasteiger partial charge is 0.326 e. The van der Waals surface area contributed by atoms with Crippen molar-refractivity contribution >= 4 is 34.7 Å². The van der Waals surface area contributed by atoms with E-state index in [1.807, 2.05) is 24.3 Å². The molecule has 0 aliphatic carbocycles. The number of fused-ring (bicyclic) bond motifs is 1. The lowest BCUT2D eigenvalue weighted by atomic mass is 10.0. The van der Waals surface area contributed by atoms with E-state index in [2.05, 4.69) is 15.6 Å². The van der Waals surface area contributed by atoms with Gasteiger partial charge >= 0.3 is 11.9 Å². The van der Waals surface area contributed by atoms with Crippen LogP contribution >= 0.6 is 0 Å². The third kappa shape index (κ3) is 6.81. The van der Waals surface area contributed by atoms with Gasteiger partial charge in [-0.1, -0.05) is 30.3 Å². The Morgan fingerprint density at radius 1 is 0.886 bits per heavy atom. The number of nitrogens with two attached hydrogens (primary N) is 1. The summed E-state index contributed by atoms with van der Waals surface area (Å²) in [5, 5.41) is 33.6. The first-order valence-electron chi connectivity index (χ1n) is 10.8. The monoisotopic (exact) mass is 482 g/mol. The highest BCUT2D eigenvalue weighted by molar-refractivity contribution is 5.94. The fourth-order valence-electron chi connectivity index (χ4n) is 3.63. The van der Waals surface area contributed by atoms with Gasteiger partial charge in [-0.15, -0.1) is 0 Å². The molecule has 0 bridgehead atoms. The number of phenols is 1. The molecule has 0 aliphatic rings. The predicted molar refractivity (Wildman–Crippen MR) is 126 cm³/mol. The molecule has 1 aromatic heterocycles. The first kappa shape index (κ1) is 25.2. The molecule has 11 heteroatoms. The van der Waals surface area contributed by atoms with Gasteiger partial charge in [-0.3, -0.25) is 14.4 Å². The van der Waals surface area contributed by atoms with E-state index in [1.165, 1.54) is 24.3 Å². The number of aliphatic carboxylic acids is 2. The maximum Gasteiger partial charge on any atom is 0.326 e. The highest BCUT2D eigenvalue weighted by atomic mass is 16.4. The maximum atomic E-state index is 12.7. The Kier molecular flexibility index (Phi) is 8.05. The first-order chi connectivity index (χ1) is 16.6. The Balaban J connectivity index is 1.67. The molecule has 3 atom stereocenters. The van der Waals surface area contributed by atoms with Crippen LogP contribution in [0.3, 0.4) is 0 Å². The van der Waals surface area contributed by atoms with E-state index >= 15 is 0 Å². The summed E-state index contributed by atoms with van der Waals surface area (Å²) >= 11 is 0. The SMILES string of the molecule is N[C@@H](Cc1c[nH]c2ccccc12)C(=O)N[C@@H](CC(=O)O)C(=O)N[C@@H](Cc1ccc(O)cc1)C(=O)O. The molecule has 0 unspecified atom stereocenters. The number of aromatic hydroxyl groups is 1. The third-order valence-corrected chi connectivity index (χ3v) is 5.45. The number of H-pyrrole nitrogens is 1. The number of carbonyl (C=O) groups excluding carboxylic acids is 2. The van der Waals surface area contributed by atoms with Crippen molar-refractivity contribution in [3.05, 3.63) is 65.9 Å². The number of carboxylic acid groups (broad SMARTS) is 2. The van der Waals surface area contributed by atoms with Gasteiger partial charge in [0, 0.05) is 23.5 Å². The van der Waals surface area contributed by atoms with Crippen LogP contribution in [0.15, 0.2) is 54.7 Å². The van der Waals surface area contributed by atoms with Crippen molar-refractivity contribution in [1.29, 1.82) is 0 Å². The van der Waals surface area contributed by atoms with Crippen molar-refractivity contribution in [3.8, 4) is 5.75 Å². The molecule has 2 aromatic carbocycles. The van der Waals surface area contributed by atoms with E-state index < -0.39 is 48.3 Å². The molecular formula is C24H26N4O7. The lowest BCUT2D eigenvalue weighted by Crippen LogP contribution is -2.55. The zero-order valence-corrected chi connectivity index (χ0v) is 18.6. The van der Waals surface area contributed by atoms with Crippen LogP contribution in [0.2, 0.25) is 0 Å². The van der Waals surface area contributed by atoms with Gasteiger partial charge in [0.25, 0.3) is 0 Å². The van der Waals surface area contributed by atoms with Crippen molar-refractivity contribution in [1.82, 2.24) is 15.6 Å². The van der Waals surface area contributed by atoms with Crippen molar-refractivity contribution < 1.29 is 34.5 Å². The number of phenolic OH excluding ortho intramolecular Hbond substituents is 1. The Morgan fingerprint density at radius 2 is 1.54 bits per heavy atom. The summed E-state index contributed by atoms with van der Waals surface area (Å²) < 4.78 is 0.